The monoisotopic (exact) mass is 409 g/mol. The molecule has 0 saturated carbocycles. The Kier molecular flexibility index (Phi) is 5.59. The first kappa shape index (κ1) is 20.1. The summed E-state index contributed by atoms with van der Waals surface area (Å²) in [6.45, 7) is 4.65. The second-order valence-electron chi connectivity index (χ2n) is 6.39. The molecule has 4 rings (SSSR count). The Morgan fingerprint density at radius 2 is 2.00 bits per heavy atom. The summed E-state index contributed by atoms with van der Waals surface area (Å²) >= 11 is 0. The van der Waals surface area contributed by atoms with Gasteiger partial charge in [-0.15, -0.1) is 5.10 Å². The van der Waals surface area contributed by atoms with E-state index in [4.69, 9.17) is 4.55 Å². The van der Waals surface area contributed by atoms with Gasteiger partial charge >= 0.3 is 5.69 Å². The maximum atomic E-state index is 14.0. The molecule has 150 valence electrons. The molecule has 9 nitrogen and oxygen atoms in total. The van der Waals surface area contributed by atoms with Crippen molar-refractivity contribution in [1.29, 1.82) is 0 Å². The lowest BCUT2D eigenvalue weighted by Gasteiger charge is -2.26. The summed E-state index contributed by atoms with van der Waals surface area (Å²) in [6.07, 6.45) is 1.49. The van der Waals surface area contributed by atoms with Gasteiger partial charge in [0.2, 0.25) is 0 Å². The predicted octanol–water partition coefficient (Wildman–Crippen LogP) is 1.11. The van der Waals surface area contributed by atoms with Crippen LogP contribution in [0.1, 0.15) is 18.2 Å². The number of aromatic nitrogens is 4. The molecule has 2 aromatic heterocycles. The highest BCUT2D eigenvalue weighted by Crippen LogP contribution is 2.23. The van der Waals surface area contributed by atoms with Crippen LogP contribution in [0.15, 0.2) is 29.1 Å². The Bertz CT molecular complexity index is 1160. The highest BCUT2D eigenvalue weighted by atomic mass is 32.2. The number of benzene rings is 1. The third-order valence-electron chi connectivity index (χ3n) is 4.31. The Morgan fingerprint density at radius 1 is 1.32 bits per heavy atom. The van der Waals surface area contributed by atoms with Crippen molar-refractivity contribution in [2.45, 2.75) is 19.9 Å². The van der Waals surface area contributed by atoms with Gasteiger partial charge in [-0.05, 0) is 18.7 Å². The molecule has 0 amide bonds. The smallest absolute Gasteiger partial charge is 0.309 e. The number of H-pyrrole nitrogens is 1. The molecule has 0 aliphatic carbocycles. The van der Waals surface area contributed by atoms with Gasteiger partial charge in [0, 0.05) is 30.8 Å². The van der Waals surface area contributed by atoms with Crippen LogP contribution in [0, 0.1) is 5.82 Å². The molecule has 0 spiro atoms. The van der Waals surface area contributed by atoms with Crippen LogP contribution >= 0.6 is 0 Å². The second kappa shape index (κ2) is 7.78. The van der Waals surface area contributed by atoms with Crippen LogP contribution in [0.25, 0.3) is 17.0 Å². The zero-order chi connectivity index (χ0) is 20.5. The average Bonchev–Trinajstić information content (AvgIpc) is 3.06. The molecule has 1 aromatic carbocycles. The SMILES string of the molecule is CCN1CCc2[nH]c(=O)n3nc(-c4ccccc4F)nc3c2C1.CS(=O)(=O)O. The van der Waals surface area contributed by atoms with Gasteiger partial charge < -0.3 is 4.98 Å². The molecule has 1 aliphatic heterocycles. The van der Waals surface area contributed by atoms with Crippen molar-refractivity contribution in [1.82, 2.24) is 24.5 Å². The van der Waals surface area contributed by atoms with E-state index in [1.54, 1.807) is 18.2 Å². The molecule has 3 heterocycles. The molecule has 2 N–H and O–H groups in total. The number of nitrogens with zero attached hydrogens (tertiary/aromatic N) is 4. The molecule has 0 radical (unpaired) electrons. The van der Waals surface area contributed by atoms with Gasteiger partial charge in [0.25, 0.3) is 10.1 Å². The van der Waals surface area contributed by atoms with Gasteiger partial charge in [0.15, 0.2) is 11.5 Å². The van der Waals surface area contributed by atoms with E-state index in [9.17, 15) is 17.6 Å². The molecule has 0 fully saturated rings. The molecule has 11 heteroatoms. The normalized spacial score (nSPS) is 14.4. The lowest BCUT2D eigenvalue weighted by Crippen LogP contribution is -2.34. The summed E-state index contributed by atoms with van der Waals surface area (Å²) in [5, 5.41) is 4.21. The van der Waals surface area contributed by atoms with Crippen LogP contribution in [0.3, 0.4) is 0 Å². The Hall–Kier alpha value is -2.63. The first-order chi connectivity index (χ1) is 13.2. The number of hydrogen-bond donors (Lipinski definition) is 2. The van der Waals surface area contributed by atoms with Gasteiger partial charge in [-0.3, -0.25) is 9.45 Å². The minimum atomic E-state index is -3.67. The molecule has 1 aliphatic rings. The van der Waals surface area contributed by atoms with E-state index in [1.807, 2.05) is 0 Å². The fourth-order valence-corrected chi connectivity index (χ4v) is 3.02. The van der Waals surface area contributed by atoms with Crippen molar-refractivity contribution >= 4 is 15.8 Å². The van der Waals surface area contributed by atoms with Crippen LogP contribution in [-0.2, 0) is 23.1 Å². The van der Waals surface area contributed by atoms with Crippen molar-refractivity contribution < 1.29 is 17.4 Å². The lowest BCUT2D eigenvalue weighted by atomic mass is 10.1. The topological polar surface area (TPSA) is 121 Å². The van der Waals surface area contributed by atoms with Crippen LogP contribution in [-0.4, -0.2) is 56.8 Å². The van der Waals surface area contributed by atoms with Crippen LogP contribution in [0.5, 0.6) is 0 Å². The Labute approximate surface area is 160 Å². The summed E-state index contributed by atoms with van der Waals surface area (Å²) in [4.78, 5) is 21.8. The van der Waals surface area contributed by atoms with Crippen molar-refractivity contribution in [3.05, 3.63) is 51.8 Å². The summed E-state index contributed by atoms with van der Waals surface area (Å²) in [5.41, 5.74) is 2.35. The first-order valence-electron chi connectivity index (χ1n) is 8.58. The maximum Gasteiger partial charge on any atom is 0.348 e. The van der Waals surface area contributed by atoms with Crippen LogP contribution < -0.4 is 5.69 Å². The number of halogens is 1. The first-order valence-corrected chi connectivity index (χ1v) is 10.4. The highest BCUT2D eigenvalue weighted by molar-refractivity contribution is 7.85. The standard InChI is InChI=1S/C16H16FN5O.CH4O3S/c1-2-21-8-7-13-11(9-21)15-19-14(20-22(15)16(23)18-13)10-5-3-4-6-12(10)17;1-5(2,3)4/h3-6H,2,7-9H2,1H3,(H,18,23);1H3,(H,2,3,4). The summed E-state index contributed by atoms with van der Waals surface area (Å²) in [7, 11) is -3.67. The fraction of sp³-hybridized carbons (Fsp3) is 0.353. The van der Waals surface area contributed by atoms with Crippen LogP contribution in [0.2, 0.25) is 0 Å². The van der Waals surface area contributed by atoms with Crippen molar-refractivity contribution in [2.24, 2.45) is 0 Å². The van der Waals surface area contributed by atoms with E-state index in [0.29, 0.717) is 24.0 Å². The number of likely N-dealkylation sites (N-methyl/N-ethyl adjacent to an activating group) is 1. The van der Waals surface area contributed by atoms with Crippen molar-refractivity contribution in [3.63, 3.8) is 0 Å². The van der Waals surface area contributed by atoms with E-state index in [0.717, 1.165) is 30.8 Å². The molecule has 3 aromatic rings. The zero-order valence-corrected chi connectivity index (χ0v) is 16.2. The number of aromatic amines is 1. The largest absolute Gasteiger partial charge is 0.348 e. The Balaban J connectivity index is 0.000000403. The zero-order valence-electron chi connectivity index (χ0n) is 15.4. The molecule has 0 unspecified atom stereocenters. The Morgan fingerprint density at radius 3 is 2.64 bits per heavy atom. The second-order valence-corrected chi connectivity index (χ2v) is 7.86. The van der Waals surface area contributed by atoms with E-state index in [2.05, 4.69) is 26.9 Å². The molecule has 28 heavy (non-hydrogen) atoms. The number of rotatable bonds is 2. The van der Waals surface area contributed by atoms with Gasteiger partial charge in [-0.2, -0.15) is 12.9 Å². The van der Waals surface area contributed by atoms with Gasteiger partial charge in [0.05, 0.1) is 11.8 Å². The minimum Gasteiger partial charge on any atom is -0.309 e. The van der Waals surface area contributed by atoms with Crippen LogP contribution in [0.4, 0.5) is 4.39 Å². The molecule has 0 saturated heterocycles. The summed E-state index contributed by atoms with van der Waals surface area (Å²) in [6, 6.07) is 6.31. The molecular weight excluding hydrogens is 389 g/mol. The molecule has 0 bridgehead atoms. The van der Waals surface area contributed by atoms with E-state index in [-0.39, 0.29) is 11.5 Å². The van der Waals surface area contributed by atoms with E-state index in [1.165, 1.54) is 10.6 Å². The minimum absolute atomic E-state index is 0.232. The van der Waals surface area contributed by atoms with E-state index < -0.39 is 15.9 Å². The summed E-state index contributed by atoms with van der Waals surface area (Å²) < 4.78 is 41.1. The third kappa shape index (κ3) is 4.43. The summed E-state index contributed by atoms with van der Waals surface area (Å²) in [5.74, 6) is -0.167. The van der Waals surface area contributed by atoms with E-state index >= 15 is 0 Å². The predicted molar refractivity (Wildman–Crippen MR) is 101 cm³/mol. The van der Waals surface area contributed by atoms with Gasteiger partial charge in [-0.1, -0.05) is 19.1 Å². The lowest BCUT2D eigenvalue weighted by molar-refractivity contribution is 0.266. The number of hydrogen-bond acceptors (Lipinski definition) is 6. The quantitative estimate of drug-likeness (QED) is 0.608. The van der Waals surface area contributed by atoms with Gasteiger partial charge in [-0.25, -0.2) is 14.2 Å². The third-order valence-corrected chi connectivity index (χ3v) is 4.31. The fourth-order valence-electron chi connectivity index (χ4n) is 3.02. The maximum absolute atomic E-state index is 14.0. The van der Waals surface area contributed by atoms with Crippen molar-refractivity contribution in [2.75, 3.05) is 19.3 Å². The molecule has 0 atom stereocenters. The molecular formula is C17H20FN5O4S. The number of nitrogens with one attached hydrogen (secondary N) is 1. The highest BCUT2D eigenvalue weighted by Gasteiger charge is 2.22. The average molecular weight is 409 g/mol. The number of fused-ring (bicyclic) bond motifs is 3. The van der Waals surface area contributed by atoms with Crippen molar-refractivity contribution in [3.8, 4) is 11.4 Å². The van der Waals surface area contributed by atoms with Gasteiger partial charge in [0.1, 0.15) is 5.82 Å².